The van der Waals surface area contributed by atoms with Crippen molar-refractivity contribution in [2.75, 3.05) is 11.3 Å². The first kappa shape index (κ1) is 16.2. The second-order valence-electron chi connectivity index (χ2n) is 4.15. The zero-order valence-electron chi connectivity index (χ0n) is 11.5. The van der Waals surface area contributed by atoms with E-state index in [0.717, 1.165) is 10.9 Å². The smallest absolute Gasteiger partial charge is 0.299 e. The van der Waals surface area contributed by atoms with Crippen LogP contribution in [-0.2, 0) is 0 Å². The molecule has 0 radical (unpaired) electrons. The summed E-state index contributed by atoms with van der Waals surface area (Å²) in [7, 11) is 0. The van der Waals surface area contributed by atoms with Crippen LogP contribution in [0.15, 0.2) is 23.6 Å². The summed E-state index contributed by atoms with van der Waals surface area (Å²) in [5, 5.41) is 42.4. The van der Waals surface area contributed by atoms with Crippen molar-refractivity contribution in [3.05, 3.63) is 54.4 Å². The molecular formula is C9H8N9O6+. The molecule has 1 aromatic heterocycles. The standard InChI is InChI=1S/C9H7N9O6/c10-15-4-12-14-9(15)13-11-3-6-7(17(21)22)1-5(16(19)20)2-8(6)18(23)24/h1-4H,10H2,(H,13,14)/p+1/b11-3+. The second-order valence-corrected chi connectivity index (χ2v) is 4.15. The van der Waals surface area contributed by atoms with Crippen LogP contribution < -0.4 is 15.9 Å². The van der Waals surface area contributed by atoms with Gasteiger partial charge in [0.05, 0.1) is 33.1 Å². The third-order valence-corrected chi connectivity index (χ3v) is 2.70. The molecule has 1 aromatic carbocycles. The number of anilines is 1. The number of hydrazone groups is 1. The van der Waals surface area contributed by atoms with Crippen molar-refractivity contribution in [2.24, 2.45) is 5.10 Å². The van der Waals surface area contributed by atoms with Crippen LogP contribution >= 0.6 is 0 Å². The van der Waals surface area contributed by atoms with E-state index in [9.17, 15) is 30.3 Å². The van der Waals surface area contributed by atoms with Crippen LogP contribution in [0, 0.1) is 30.3 Å². The van der Waals surface area contributed by atoms with Crippen molar-refractivity contribution < 1.29 is 19.4 Å². The van der Waals surface area contributed by atoms with Crippen molar-refractivity contribution in [1.82, 2.24) is 10.2 Å². The van der Waals surface area contributed by atoms with Gasteiger partial charge < -0.3 is 0 Å². The summed E-state index contributed by atoms with van der Waals surface area (Å²) in [6.07, 6.45) is 1.97. The van der Waals surface area contributed by atoms with Gasteiger partial charge in [-0.25, -0.2) is 0 Å². The van der Waals surface area contributed by atoms with E-state index in [4.69, 9.17) is 5.84 Å². The molecule has 0 saturated carbocycles. The monoisotopic (exact) mass is 338 g/mol. The maximum absolute atomic E-state index is 11.1. The fourth-order valence-electron chi connectivity index (χ4n) is 1.66. The molecule has 124 valence electrons. The maximum atomic E-state index is 11.1. The number of hydrogen-bond donors (Lipinski definition) is 3. The Bertz CT molecular complexity index is 824. The topological polar surface area (TPSA) is 212 Å². The average Bonchev–Trinajstić information content (AvgIpc) is 2.91. The highest BCUT2D eigenvalue weighted by Crippen LogP contribution is 2.32. The van der Waals surface area contributed by atoms with Crippen molar-refractivity contribution in [3.63, 3.8) is 0 Å². The van der Waals surface area contributed by atoms with E-state index in [-0.39, 0.29) is 5.95 Å². The number of nitrogens with two attached hydrogens (primary N) is 1. The Morgan fingerprint density at radius 3 is 2.17 bits per heavy atom. The number of nitrogen functional groups attached to an aromatic ring is 1. The first-order chi connectivity index (χ1) is 11.3. The third kappa shape index (κ3) is 3.18. The van der Waals surface area contributed by atoms with Crippen LogP contribution in [0.3, 0.4) is 0 Å². The Morgan fingerprint density at radius 2 is 1.75 bits per heavy atom. The zero-order valence-corrected chi connectivity index (χ0v) is 11.5. The number of aromatic amines is 1. The number of H-pyrrole nitrogens is 1. The molecule has 24 heavy (non-hydrogen) atoms. The molecule has 2 rings (SSSR count). The van der Waals surface area contributed by atoms with Gasteiger partial charge in [-0.2, -0.15) is 5.43 Å². The van der Waals surface area contributed by atoms with Gasteiger partial charge in [0, 0.05) is 0 Å². The van der Waals surface area contributed by atoms with Crippen molar-refractivity contribution in [2.45, 2.75) is 0 Å². The lowest BCUT2D eigenvalue weighted by Gasteiger charge is -2.00. The van der Waals surface area contributed by atoms with Gasteiger partial charge in [-0.1, -0.05) is 0 Å². The van der Waals surface area contributed by atoms with Crippen LogP contribution in [0.2, 0.25) is 0 Å². The quantitative estimate of drug-likeness (QED) is 0.205. The molecule has 0 fully saturated rings. The number of benzene rings is 1. The lowest BCUT2D eigenvalue weighted by atomic mass is 10.1. The predicted octanol–water partition coefficient (Wildman–Crippen LogP) is -0.418. The number of nitro groups is 3. The fraction of sp³-hybridized carbons (Fsp3) is 0. The van der Waals surface area contributed by atoms with Gasteiger partial charge in [-0.15, -0.1) is 14.9 Å². The lowest BCUT2D eigenvalue weighted by molar-refractivity contribution is -0.624. The van der Waals surface area contributed by atoms with Gasteiger partial charge in [0.15, 0.2) is 5.56 Å². The number of non-ortho nitro benzene ring substituents is 1. The van der Waals surface area contributed by atoms with Gasteiger partial charge in [0.25, 0.3) is 23.4 Å². The van der Waals surface area contributed by atoms with E-state index < -0.39 is 37.4 Å². The zero-order chi connectivity index (χ0) is 17.9. The molecule has 0 saturated heterocycles. The highest BCUT2D eigenvalue weighted by Gasteiger charge is 2.29. The molecule has 0 bridgehead atoms. The number of aromatic nitrogens is 3. The summed E-state index contributed by atoms with van der Waals surface area (Å²) in [5.41, 5.74) is -0.668. The van der Waals surface area contributed by atoms with Crippen molar-refractivity contribution in [3.8, 4) is 0 Å². The minimum atomic E-state index is -0.985. The van der Waals surface area contributed by atoms with Gasteiger partial charge in [-0.05, 0) is 5.10 Å². The Morgan fingerprint density at radius 1 is 1.17 bits per heavy atom. The summed E-state index contributed by atoms with van der Waals surface area (Å²) >= 11 is 0. The lowest BCUT2D eigenvalue weighted by Crippen LogP contribution is -2.44. The molecule has 0 amide bonds. The normalized spacial score (nSPS) is 10.7. The summed E-state index contributed by atoms with van der Waals surface area (Å²) in [6, 6.07) is 1.21. The van der Waals surface area contributed by atoms with E-state index in [1.807, 2.05) is 0 Å². The first-order valence-electron chi connectivity index (χ1n) is 5.91. The van der Waals surface area contributed by atoms with E-state index in [1.165, 1.54) is 6.33 Å². The molecule has 4 N–H and O–H groups in total. The number of nitro benzene ring substituents is 3. The molecule has 0 aliphatic rings. The van der Waals surface area contributed by atoms with Crippen molar-refractivity contribution in [1.29, 1.82) is 0 Å². The molecule has 0 unspecified atom stereocenters. The minimum absolute atomic E-state index is 0.0819. The molecule has 0 aliphatic heterocycles. The molecule has 0 spiro atoms. The number of rotatable bonds is 6. The van der Waals surface area contributed by atoms with E-state index in [0.29, 0.717) is 12.1 Å². The third-order valence-electron chi connectivity index (χ3n) is 2.70. The van der Waals surface area contributed by atoms with Gasteiger partial charge in [-0.3, -0.25) is 36.2 Å². The summed E-state index contributed by atoms with van der Waals surface area (Å²) < 4.78 is 0.996. The van der Waals surface area contributed by atoms with Gasteiger partial charge >= 0.3 is 5.95 Å². The molecule has 2 aromatic rings. The summed E-state index contributed by atoms with van der Waals surface area (Å²) in [4.78, 5) is 29.9. The average molecular weight is 338 g/mol. The van der Waals surface area contributed by atoms with E-state index in [2.05, 4.69) is 20.7 Å². The summed E-state index contributed by atoms with van der Waals surface area (Å²) in [6.45, 7) is 0. The Labute approximate surface area is 130 Å². The maximum Gasteiger partial charge on any atom is 0.386 e. The fourth-order valence-corrected chi connectivity index (χ4v) is 1.66. The Kier molecular flexibility index (Phi) is 4.25. The summed E-state index contributed by atoms with van der Waals surface area (Å²) in [5.74, 6) is 5.51. The van der Waals surface area contributed by atoms with Crippen LogP contribution in [0.1, 0.15) is 5.56 Å². The molecule has 15 heteroatoms. The highest BCUT2D eigenvalue weighted by atomic mass is 16.6. The number of nitrogens with zero attached hydrogens (tertiary/aromatic N) is 6. The van der Waals surface area contributed by atoms with Crippen LogP contribution in [0.4, 0.5) is 23.0 Å². The molecule has 15 nitrogen and oxygen atoms in total. The number of hydrogen-bond acceptors (Lipinski definition) is 10. The molecule has 1 heterocycles. The van der Waals surface area contributed by atoms with Gasteiger partial charge in [0.1, 0.15) is 0 Å². The largest absolute Gasteiger partial charge is 0.386 e. The predicted molar refractivity (Wildman–Crippen MR) is 76.6 cm³/mol. The van der Waals surface area contributed by atoms with Gasteiger partial charge in [0.2, 0.25) is 0 Å². The Hall–Kier alpha value is -4.17. The molecule has 0 atom stereocenters. The van der Waals surface area contributed by atoms with Crippen molar-refractivity contribution >= 4 is 29.2 Å². The van der Waals surface area contributed by atoms with Crippen LogP contribution in [-0.4, -0.2) is 31.2 Å². The minimum Gasteiger partial charge on any atom is -0.299 e. The Balaban J connectivity index is 2.50. The second kappa shape index (κ2) is 6.30. The number of nitrogens with one attached hydrogen (secondary N) is 2. The highest BCUT2D eigenvalue weighted by molar-refractivity contribution is 5.92. The van der Waals surface area contributed by atoms with Crippen LogP contribution in [0.5, 0.6) is 0 Å². The van der Waals surface area contributed by atoms with E-state index >= 15 is 0 Å². The SMILES string of the molecule is N[n+]1cn[nH]c1N/N=C/c1c([N+](=O)[O-])cc([N+](=O)[O-])cc1[N+](=O)[O-]. The first-order valence-corrected chi connectivity index (χ1v) is 5.91. The molecular weight excluding hydrogens is 330 g/mol. The van der Waals surface area contributed by atoms with E-state index in [1.54, 1.807) is 0 Å². The molecule has 0 aliphatic carbocycles. The van der Waals surface area contributed by atoms with Crippen LogP contribution in [0.25, 0.3) is 0 Å².